The van der Waals surface area contributed by atoms with Crippen LogP contribution in [0.3, 0.4) is 0 Å². The fraction of sp³-hybridized carbons (Fsp3) is 0.217. The van der Waals surface area contributed by atoms with Crippen LogP contribution in [0.2, 0.25) is 0 Å². The van der Waals surface area contributed by atoms with Gasteiger partial charge in [0.2, 0.25) is 0 Å². The summed E-state index contributed by atoms with van der Waals surface area (Å²) in [7, 11) is 0. The van der Waals surface area contributed by atoms with Crippen LogP contribution < -0.4 is 10.4 Å². The third kappa shape index (κ3) is 2.63. The average molecular weight is 397 g/mol. The van der Waals surface area contributed by atoms with Crippen molar-refractivity contribution in [1.29, 1.82) is 0 Å². The van der Waals surface area contributed by atoms with E-state index >= 15 is 0 Å². The van der Waals surface area contributed by atoms with E-state index in [9.17, 15) is 4.79 Å². The maximum Gasteiger partial charge on any atom is 0.274 e. The van der Waals surface area contributed by atoms with Crippen LogP contribution in [-0.2, 0) is 6.42 Å². The largest absolute Gasteiger partial charge is 0.323 e. The highest BCUT2D eigenvalue weighted by molar-refractivity contribution is 6.19. The highest BCUT2D eigenvalue weighted by atomic mass is 16.5. The molecule has 7 nitrogen and oxygen atoms in total. The molecule has 2 N–H and O–H groups in total. The molecule has 3 heterocycles. The summed E-state index contributed by atoms with van der Waals surface area (Å²) in [5.41, 5.74) is 8.03. The SMILES string of the molecule is O=C(NO)c1ccc(C2=Nc3cnc(C4CC4)nc3N3CCc4cccc2c43)cc1. The Morgan fingerprint density at radius 2 is 1.97 bits per heavy atom. The van der Waals surface area contributed by atoms with E-state index in [1.807, 2.05) is 18.3 Å². The van der Waals surface area contributed by atoms with E-state index in [0.717, 1.165) is 65.7 Å². The summed E-state index contributed by atoms with van der Waals surface area (Å²) >= 11 is 0. The predicted octanol–water partition coefficient (Wildman–Crippen LogP) is 3.65. The molecule has 0 saturated heterocycles. The Kier molecular flexibility index (Phi) is 3.73. The lowest BCUT2D eigenvalue weighted by Crippen LogP contribution is -2.18. The number of nitrogens with one attached hydrogen (secondary N) is 1. The van der Waals surface area contributed by atoms with E-state index < -0.39 is 5.91 Å². The standard InChI is InChI=1S/C23H19N5O2/c29-23(27-30)16-8-4-13(5-9-16)19-17-3-1-2-14-10-11-28(20(14)17)22-18(25-19)12-24-21(26-22)15-6-7-15/h1-5,8-9,12,15,30H,6-7,10-11H2,(H,27,29). The second kappa shape index (κ2) is 6.47. The first-order valence-corrected chi connectivity index (χ1v) is 10.1. The molecular formula is C23H19N5O2. The fourth-order valence-electron chi connectivity index (χ4n) is 4.30. The normalized spacial score (nSPS) is 16.4. The van der Waals surface area contributed by atoms with E-state index in [-0.39, 0.29) is 0 Å². The molecule has 2 aromatic carbocycles. The molecule has 2 aliphatic heterocycles. The number of hydroxylamine groups is 1. The maximum absolute atomic E-state index is 11.7. The number of benzene rings is 2. The van der Waals surface area contributed by atoms with Gasteiger partial charge in [0.15, 0.2) is 5.82 Å². The van der Waals surface area contributed by atoms with Crippen LogP contribution in [-0.4, -0.2) is 33.3 Å². The number of carbonyl (C=O) groups excluding carboxylic acids is 1. The van der Waals surface area contributed by atoms with Crippen molar-refractivity contribution < 1.29 is 10.0 Å². The molecule has 3 aliphatic rings. The molecule has 1 aliphatic carbocycles. The van der Waals surface area contributed by atoms with Gasteiger partial charge in [-0.05, 0) is 37.0 Å². The lowest BCUT2D eigenvalue weighted by Gasteiger charge is -2.20. The van der Waals surface area contributed by atoms with Crippen LogP contribution in [0.25, 0.3) is 0 Å². The first-order chi connectivity index (χ1) is 14.7. The van der Waals surface area contributed by atoms with Gasteiger partial charge in [-0.2, -0.15) is 0 Å². The predicted molar refractivity (Wildman–Crippen MR) is 112 cm³/mol. The molecule has 30 heavy (non-hydrogen) atoms. The highest BCUT2D eigenvalue weighted by Crippen LogP contribution is 2.46. The molecule has 1 fully saturated rings. The molecule has 0 radical (unpaired) electrons. The van der Waals surface area contributed by atoms with Crippen LogP contribution in [0.5, 0.6) is 0 Å². The molecule has 1 saturated carbocycles. The summed E-state index contributed by atoms with van der Waals surface area (Å²) in [6.07, 6.45) is 5.12. The Balaban J connectivity index is 1.54. The topological polar surface area (TPSA) is 90.7 Å². The summed E-state index contributed by atoms with van der Waals surface area (Å²) in [4.78, 5) is 28.5. The van der Waals surface area contributed by atoms with Gasteiger partial charge in [0.1, 0.15) is 11.5 Å². The number of aliphatic imine (C=N–C) groups is 1. The molecule has 3 aromatic rings. The van der Waals surface area contributed by atoms with Gasteiger partial charge in [0, 0.05) is 29.2 Å². The number of para-hydroxylation sites is 1. The lowest BCUT2D eigenvalue weighted by atomic mass is 9.97. The fourth-order valence-corrected chi connectivity index (χ4v) is 4.30. The average Bonchev–Trinajstić information content (AvgIpc) is 3.57. The van der Waals surface area contributed by atoms with Crippen molar-refractivity contribution in [3.8, 4) is 0 Å². The minimum absolute atomic E-state index is 0.383. The second-order valence-corrected chi connectivity index (χ2v) is 7.90. The van der Waals surface area contributed by atoms with Crippen molar-refractivity contribution in [2.75, 3.05) is 11.4 Å². The van der Waals surface area contributed by atoms with Gasteiger partial charge in [0.25, 0.3) is 5.91 Å². The Morgan fingerprint density at radius 1 is 1.13 bits per heavy atom. The summed E-state index contributed by atoms with van der Waals surface area (Å²) in [5.74, 6) is 1.73. The Hall–Kier alpha value is -3.58. The van der Waals surface area contributed by atoms with E-state index in [1.54, 1.807) is 17.6 Å². The number of anilines is 2. The van der Waals surface area contributed by atoms with Crippen molar-refractivity contribution in [2.24, 2.45) is 4.99 Å². The quantitative estimate of drug-likeness (QED) is 0.520. The molecule has 0 bridgehead atoms. The smallest absolute Gasteiger partial charge is 0.274 e. The van der Waals surface area contributed by atoms with Gasteiger partial charge in [-0.25, -0.2) is 20.4 Å². The molecule has 6 rings (SSSR count). The number of hydrogen-bond donors (Lipinski definition) is 2. The zero-order valence-corrected chi connectivity index (χ0v) is 16.2. The van der Waals surface area contributed by atoms with Crippen LogP contribution in [0, 0.1) is 0 Å². The van der Waals surface area contributed by atoms with E-state index in [2.05, 4.69) is 28.1 Å². The van der Waals surface area contributed by atoms with E-state index in [4.69, 9.17) is 15.2 Å². The van der Waals surface area contributed by atoms with Crippen molar-refractivity contribution in [2.45, 2.75) is 25.2 Å². The number of rotatable bonds is 3. The number of hydrogen-bond acceptors (Lipinski definition) is 6. The molecular weight excluding hydrogens is 378 g/mol. The second-order valence-electron chi connectivity index (χ2n) is 7.90. The number of amides is 1. The Bertz CT molecular complexity index is 1210. The molecule has 0 atom stereocenters. The summed E-state index contributed by atoms with van der Waals surface area (Å²) in [6.45, 7) is 0.874. The van der Waals surface area contributed by atoms with Gasteiger partial charge in [-0.1, -0.05) is 30.3 Å². The molecule has 1 amide bonds. The monoisotopic (exact) mass is 397 g/mol. The zero-order chi connectivity index (χ0) is 20.2. The number of nitrogens with zero attached hydrogens (tertiary/aromatic N) is 4. The van der Waals surface area contributed by atoms with Crippen LogP contribution in [0.1, 0.15) is 51.6 Å². The highest BCUT2D eigenvalue weighted by Gasteiger charge is 2.33. The molecule has 0 spiro atoms. The number of fused-ring (bicyclic) bond motifs is 2. The Labute approximate surface area is 173 Å². The van der Waals surface area contributed by atoms with Gasteiger partial charge in [-0.3, -0.25) is 10.0 Å². The molecule has 7 heteroatoms. The van der Waals surface area contributed by atoms with Crippen molar-refractivity contribution >= 4 is 28.8 Å². The summed E-state index contributed by atoms with van der Waals surface area (Å²) in [6, 6.07) is 13.4. The van der Waals surface area contributed by atoms with Gasteiger partial charge in [-0.15, -0.1) is 0 Å². The molecule has 148 valence electrons. The zero-order valence-electron chi connectivity index (χ0n) is 16.2. The van der Waals surface area contributed by atoms with Gasteiger partial charge in [0.05, 0.1) is 17.6 Å². The minimum Gasteiger partial charge on any atom is -0.323 e. The third-order valence-electron chi connectivity index (χ3n) is 5.97. The van der Waals surface area contributed by atoms with Crippen LogP contribution in [0.15, 0.2) is 53.7 Å². The number of carbonyl (C=O) groups is 1. The van der Waals surface area contributed by atoms with E-state index in [1.165, 1.54) is 5.56 Å². The van der Waals surface area contributed by atoms with Gasteiger partial charge < -0.3 is 4.90 Å². The first-order valence-electron chi connectivity index (χ1n) is 10.1. The number of aromatic nitrogens is 2. The summed E-state index contributed by atoms with van der Waals surface area (Å²) < 4.78 is 0. The lowest BCUT2D eigenvalue weighted by molar-refractivity contribution is 0.0706. The Morgan fingerprint density at radius 3 is 2.73 bits per heavy atom. The first kappa shape index (κ1) is 17.3. The van der Waals surface area contributed by atoms with Crippen molar-refractivity contribution in [3.63, 3.8) is 0 Å². The van der Waals surface area contributed by atoms with Gasteiger partial charge >= 0.3 is 0 Å². The minimum atomic E-state index is -0.539. The third-order valence-corrected chi connectivity index (χ3v) is 5.97. The van der Waals surface area contributed by atoms with Crippen LogP contribution in [0.4, 0.5) is 17.2 Å². The molecule has 0 unspecified atom stereocenters. The van der Waals surface area contributed by atoms with E-state index in [0.29, 0.717) is 11.5 Å². The van der Waals surface area contributed by atoms with Crippen molar-refractivity contribution in [3.05, 3.63) is 76.7 Å². The molecule has 1 aromatic heterocycles. The summed E-state index contributed by atoms with van der Waals surface area (Å²) in [5, 5.41) is 8.87. The van der Waals surface area contributed by atoms with Crippen LogP contribution >= 0.6 is 0 Å². The maximum atomic E-state index is 11.7. The van der Waals surface area contributed by atoms with Crippen molar-refractivity contribution in [1.82, 2.24) is 15.4 Å².